The molecule has 88 valence electrons. The first-order chi connectivity index (χ1) is 8.19. The van der Waals surface area contributed by atoms with Crippen molar-refractivity contribution in [2.24, 2.45) is 0 Å². The van der Waals surface area contributed by atoms with Gasteiger partial charge in [-0.2, -0.15) is 5.10 Å². The molecule has 0 aliphatic carbocycles. The molecule has 2 heterocycles. The maximum Gasteiger partial charge on any atom is 0.255 e. The summed E-state index contributed by atoms with van der Waals surface area (Å²) < 4.78 is 1.73. The van der Waals surface area contributed by atoms with Crippen LogP contribution < -0.4 is 5.32 Å². The molecule has 17 heavy (non-hydrogen) atoms. The van der Waals surface area contributed by atoms with Gasteiger partial charge < -0.3 is 5.32 Å². The second kappa shape index (κ2) is 4.97. The van der Waals surface area contributed by atoms with Crippen LogP contribution in [0.4, 0.5) is 5.69 Å². The average Bonchev–Trinajstić information content (AvgIpc) is 2.77. The highest BCUT2D eigenvalue weighted by molar-refractivity contribution is 6.29. The van der Waals surface area contributed by atoms with E-state index in [0.29, 0.717) is 16.4 Å². The SMILES string of the molecule is CCn1cc(NC(=O)c2ccnc(Cl)c2)cn1. The van der Waals surface area contributed by atoms with Gasteiger partial charge in [-0.15, -0.1) is 0 Å². The first-order valence-electron chi connectivity index (χ1n) is 5.14. The van der Waals surface area contributed by atoms with Crippen LogP contribution in [0.15, 0.2) is 30.7 Å². The van der Waals surface area contributed by atoms with Crippen LogP contribution in [0, 0.1) is 0 Å². The van der Waals surface area contributed by atoms with Gasteiger partial charge in [-0.3, -0.25) is 9.48 Å². The zero-order chi connectivity index (χ0) is 12.3. The molecule has 2 aromatic rings. The van der Waals surface area contributed by atoms with Gasteiger partial charge in [-0.25, -0.2) is 4.98 Å². The second-order valence-electron chi connectivity index (χ2n) is 3.41. The van der Waals surface area contributed by atoms with E-state index in [4.69, 9.17) is 11.6 Å². The molecule has 5 nitrogen and oxygen atoms in total. The van der Waals surface area contributed by atoms with Crippen molar-refractivity contribution in [1.29, 1.82) is 0 Å². The zero-order valence-corrected chi connectivity index (χ0v) is 9.98. The van der Waals surface area contributed by atoms with Gasteiger partial charge in [-0.05, 0) is 19.1 Å². The number of aryl methyl sites for hydroxylation is 1. The predicted molar refractivity (Wildman–Crippen MR) is 65.1 cm³/mol. The topological polar surface area (TPSA) is 59.8 Å². The summed E-state index contributed by atoms with van der Waals surface area (Å²) in [6, 6.07) is 3.12. The number of nitrogens with one attached hydrogen (secondary N) is 1. The van der Waals surface area contributed by atoms with Gasteiger partial charge in [0.15, 0.2) is 0 Å². The lowest BCUT2D eigenvalue weighted by Crippen LogP contribution is -2.11. The van der Waals surface area contributed by atoms with E-state index in [1.165, 1.54) is 12.3 Å². The quantitative estimate of drug-likeness (QED) is 0.850. The van der Waals surface area contributed by atoms with Crippen LogP contribution in [0.5, 0.6) is 0 Å². The summed E-state index contributed by atoms with van der Waals surface area (Å²) in [5.74, 6) is -0.232. The molecule has 0 bridgehead atoms. The van der Waals surface area contributed by atoms with Crippen molar-refractivity contribution in [1.82, 2.24) is 14.8 Å². The van der Waals surface area contributed by atoms with Crippen molar-refractivity contribution < 1.29 is 4.79 Å². The third kappa shape index (κ3) is 2.82. The van der Waals surface area contributed by atoms with E-state index in [2.05, 4.69) is 15.4 Å². The third-order valence-corrected chi connectivity index (χ3v) is 2.41. The van der Waals surface area contributed by atoms with Crippen molar-refractivity contribution >= 4 is 23.2 Å². The predicted octanol–water partition coefficient (Wildman–Crippen LogP) is 2.20. The maximum absolute atomic E-state index is 11.8. The van der Waals surface area contributed by atoms with Crippen molar-refractivity contribution in [2.45, 2.75) is 13.5 Å². The molecule has 0 unspecified atom stereocenters. The molecule has 0 saturated carbocycles. The minimum Gasteiger partial charge on any atom is -0.319 e. The minimum absolute atomic E-state index is 0.232. The lowest BCUT2D eigenvalue weighted by molar-refractivity contribution is 0.102. The lowest BCUT2D eigenvalue weighted by Gasteiger charge is -2.02. The number of aromatic nitrogens is 3. The van der Waals surface area contributed by atoms with Gasteiger partial charge in [0, 0.05) is 24.5 Å². The van der Waals surface area contributed by atoms with Crippen molar-refractivity contribution in [2.75, 3.05) is 5.32 Å². The molecule has 2 rings (SSSR count). The molecule has 0 atom stereocenters. The Morgan fingerprint density at radius 2 is 2.41 bits per heavy atom. The van der Waals surface area contributed by atoms with E-state index >= 15 is 0 Å². The third-order valence-electron chi connectivity index (χ3n) is 2.20. The number of pyridine rings is 1. The number of carbonyl (C=O) groups excluding carboxylic acids is 1. The van der Waals surface area contributed by atoms with Crippen molar-refractivity contribution in [3.63, 3.8) is 0 Å². The number of halogens is 1. The van der Waals surface area contributed by atoms with E-state index in [-0.39, 0.29) is 5.91 Å². The van der Waals surface area contributed by atoms with E-state index in [1.54, 1.807) is 23.1 Å². The van der Waals surface area contributed by atoms with Gasteiger partial charge in [0.2, 0.25) is 0 Å². The van der Waals surface area contributed by atoms with Crippen LogP contribution in [0.1, 0.15) is 17.3 Å². The molecule has 1 N–H and O–H groups in total. The Labute approximate surface area is 103 Å². The number of carbonyl (C=O) groups is 1. The summed E-state index contributed by atoms with van der Waals surface area (Å²) in [6.07, 6.45) is 4.86. The highest BCUT2D eigenvalue weighted by atomic mass is 35.5. The van der Waals surface area contributed by atoms with E-state index in [1.807, 2.05) is 6.92 Å². The zero-order valence-electron chi connectivity index (χ0n) is 9.22. The van der Waals surface area contributed by atoms with Crippen molar-refractivity contribution in [3.05, 3.63) is 41.4 Å². The molecule has 0 radical (unpaired) electrons. The molecule has 0 aromatic carbocycles. The van der Waals surface area contributed by atoms with Crippen LogP contribution in [-0.4, -0.2) is 20.7 Å². The number of nitrogens with zero attached hydrogens (tertiary/aromatic N) is 3. The number of anilines is 1. The number of hydrogen-bond donors (Lipinski definition) is 1. The van der Waals surface area contributed by atoms with Gasteiger partial charge in [-0.1, -0.05) is 11.6 Å². The summed E-state index contributed by atoms with van der Waals surface area (Å²) in [5, 5.41) is 7.09. The smallest absolute Gasteiger partial charge is 0.255 e. The Kier molecular flexibility index (Phi) is 3.39. The minimum atomic E-state index is -0.232. The fourth-order valence-corrected chi connectivity index (χ4v) is 1.52. The Morgan fingerprint density at radius 3 is 3.06 bits per heavy atom. The van der Waals surface area contributed by atoms with Crippen LogP contribution in [0.3, 0.4) is 0 Å². The summed E-state index contributed by atoms with van der Waals surface area (Å²) in [5.41, 5.74) is 1.12. The molecule has 0 aliphatic heterocycles. The standard InChI is InChI=1S/C11H11ClN4O/c1-2-16-7-9(6-14-16)15-11(17)8-3-4-13-10(12)5-8/h3-7H,2H2,1H3,(H,15,17). The van der Waals surface area contributed by atoms with E-state index in [0.717, 1.165) is 6.54 Å². The van der Waals surface area contributed by atoms with Gasteiger partial charge >= 0.3 is 0 Å². The molecular weight excluding hydrogens is 240 g/mol. The highest BCUT2D eigenvalue weighted by Gasteiger charge is 2.07. The highest BCUT2D eigenvalue weighted by Crippen LogP contribution is 2.10. The summed E-state index contributed by atoms with van der Waals surface area (Å²) in [4.78, 5) is 15.6. The van der Waals surface area contributed by atoms with Crippen LogP contribution >= 0.6 is 11.6 Å². The number of hydrogen-bond acceptors (Lipinski definition) is 3. The average molecular weight is 251 g/mol. The molecular formula is C11H11ClN4O. The Bertz CT molecular complexity index is 538. The molecule has 0 spiro atoms. The molecule has 6 heteroatoms. The second-order valence-corrected chi connectivity index (χ2v) is 3.79. The maximum atomic E-state index is 11.8. The van der Waals surface area contributed by atoms with Gasteiger partial charge in [0.1, 0.15) is 5.15 Å². The molecule has 0 saturated heterocycles. The monoisotopic (exact) mass is 250 g/mol. The van der Waals surface area contributed by atoms with E-state index < -0.39 is 0 Å². The first-order valence-corrected chi connectivity index (χ1v) is 5.52. The van der Waals surface area contributed by atoms with Crippen molar-refractivity contribution in [3.8, 4) is 0 Å². The lowest BCUT2D eigenvalue weighted by atomic mass is 10.2. The van der Waals surface area contributed by atoms with Gasteiger partial charge in [0.05, 0.1) is 11.9 Å². The molecule has 1 amide bonds. The van der Waals surface area contributed by atoms with Gasteiger partial charge in [0.25, 0.3) is 5.91 Å². The molecule has 0 aliphatic rings. The fourth-order valence-electron chi connectivity index (χ4n) is 1.35. The first kappa shape index (κ1) is 11.6. The Hall–Kier alpha value is -1.88. The summed E-state index contributed by atoms with van der Waals surface area (Å²) >= 11 is 5.71. The summed E-state index contributed by atoms with van der Waals surface area (Å²) in [6.45, 7) is 2.73. The number of amides is 1. The number of rotatable bonds is 3. The van der Waals surface area contributed by atoms with Crippen LogP contribution in [-0.2, 0) is 6.54 Å². The van der Waals surface area contributed by atoms with Crippen LogP contribution in [0.2, 0.25) is 5.15 Å². The van der Waals surface area contributed by atoms with Crippen LogP contribution in [0.25, 0.3) is 0 Å². The largest absolute Gasteiger partial charge is 0.319 e. The molecule has 0 fully saturated rings. The fraction of sp³-hybridized carbons (Fsp3) is 0.182. The normalized spacial score (nSPS) is 10.2. The summed E-state index contributed by atoms with van der Waals surface area (Å²) in [7, 11) is 0. The Morgan fingerprint density at radius 1 is 1.59 bits per heavy atom. The Balaban J connectivity index is 2.11. The van der Waals surface area contributed by atoms with E-state index in [9.17, 15) is 4.79 Å². The molecule has 2 aromatic heterocycles.